The first-order valence-corrected chi connectivity index (χ1v) is 50.3. The van der Waals surface area contributed by atoms with Crippen molar-refractivity contribution in [2.75, 3.05) is 56.2 Å². The van der Waals surface area contributed by atoms with Crippen LogP contribution in [-0.4, -0.2) is 102 Å². The Kier molecular flexibility index (Phi) is 33.2. The highest BCUT2D eigenvalue weighted by atomic mass is 79.9. The lowest BCUT2D eigenvalue weighted by Gasteiger charge is -2.11. The fourth-order valence-electron chi connectivity index (χ4n) is 15.1. The van der Waals surface area contributed by atoms with E-state index in [1.807, 2.05) is 268 Å². The number of halogens is 7. The van der Waals surface area contributed by atoms with Crippen LogP contribution in [0.25, 0.3) is 70.3 Å². The van der Waals surface area contributed by atoms with Gasteiger partial charge in [0.15, 0.2) is 0 Å². The second-order valence-corrected chi connectivity index (χ2v) is 39.2. The molecule has 25 nitrogen and oxygen atoms in total. The zero-order chi connectivity index (χ0) is 102. The Balaban J connectivity index is 0.000000119. The number of aromatic amines is 1. The fourth-order valence-corrected chi connectivity index (χ4v) is 19.3. The minimum absolute atomic E-state index is 0. The number of fused-ring (bicyclic) bond motifs is 8. The lowest BCUT2D eigenvalue weighted by Crippen LogP contribution is -2.20. The number of pyridine rings is 5. The highest BCUT2D eigenvalue weighted by Gasteiger charge is 2.33. The molecule has 7 aliphatic heterocycles. The first kappa shape index (κ1) is 103. The highest BCUT2D eigenvalue weighted by Crippen LogP contribution is 2.41. The molecular formula is C111H82Br2Cl5N17O8S3. The van der Waals surface area contributed by atoms with Crippen molar-refractivity contribution in [1.29, 1.82) is 0 Å². The molecule has 0 bridgehead atoms. The third kappa shape index (κ3) is 24.6. The zero-order valence-corrected chi connectivity index (χ0v) is 86.4. The summed E-state index contributed by atoms with van der Waals surface area (Å²) in [6.07, 6.45) is 19.5. The van der Waals surface area contributed by atoms with Gasteiger partial charge in [-0.2, -0.15) is 0 Å². The lowest BCUT2D eigenvalue weighted by molar-refractivity contribution is -0.111. The molecule has 17 heterocycles. The Morgan fingerprint density at radius 1 is 0.390 bits per heavy atom. The summed E-state index contributed by atoms with van der Waals surface area (Å²) in [6, 6.07) is 73.1. The fraction of sp³-hybridized carbons (Fsp3) is 0.0541. The molecule has 0 atom stereocenters. The number of nitrogens with one attached hydrogen (secondary N) is 8. The van der Waals surface area contributed by atoms with Crippen LogP contribution in [0.1, 0.15) is 89.3 Å². The maximum absolute atomic E-state index is 12.0. The number of aromatic nitrogens is 6. The molecule has 0 radical (unpaired) electrons. The highest BCUT2D eigenvalue weighted by molar-refractivity contribution is 9.11. The number of hydrogen-bond donors (Lipinski definition) is 8. The van der Waals surface area contributed by atoms with Gasteiger partial charge in [-0.05, 0) is 260 Å². The molecule has 24 rings (SSSR count). The largest absolute Gasteiger partial charge is 0.465 e. The topological polar surface area (TPSA) is 337 Å². The van der Waals surface area contributed by atoms with Crippen molar-refractivity contribution in [2.45, 2.75) is 28.2 Å². The minimum Gasteiger partial charge on any atom is -0.465 e. The number of aliphatic imine (C=N–C) groups is 3. The molecule has 10 aromatic heterocycles. The number of aryl methyl sites for hydroxylation is 1. The zero-order valence-electron chi connectivity index (χ0n) is 77.0. The Labute approximate surface area is 891 Å². The molecule has 17 aromatic rings. The SMILES string of the molecule is C.C=c1[nH]c2ncccc2/c1=C\c1ccco1.CN(C)c1ccc(C=C2C(=O)Nc3cccnc32)cc1.Cc1c(Br)cc(N=C2C(=O)Nc3ccccc32)cc1Br.Cc1c(Cl)cc(N=C2C(=O)Nc3ccc(Cl)cc32)cc1Cl.Cc1ccc(N=C2C(=O)Nc3ccc(Cl)cc32)cc1.O=C1Nc2cccnc2/C1=C/c1cccs1.O=C1Nc2nccc(Cl)c2/C1=C/c1cccs1.O=C1Nc2ncccc2/C1=C/c1cccs1. The molecule has 0 saturated carbocycles. The lowest BCUT2D eigenvalue weighted by atomic mass is 10.1. The van der Waals surface area contributed by atoms with E-state index in [-0.39, 0.29) is 48.8 Å². The molecule has 7 aliphatic rings. The number of amides is 7. The van der Waals surface area contributed by atoms with Gasteiger partial charge in [0.25, 0.3) is 41.4 Å². The summed E-state index contributed by atoms with van der Waals surface area (Å²) in [5.74, 6) is 0.931. The van der Waals surface area contributed by atoms with Gasteiger partial charge in [0.05, 0.1) is 90.5 Å². The van der Waals surface area contributed by atoms with Crippen LogP contribution in [0.4, 0.5) is 62.8 Å². The molecule has 0 unspecified atom stereocenters. The number of para-hydroxylation sites is 1. The molecule has 0 aliphatic carbocycles. The van der Waals surface area contributed by atoms with E-state index in [1.54, 1.807) is 126 Å². The second kappa shape index (κ2) is 46.9. The van der Waals surface area contributed by atoms with E-state index >= 15 is 0 Å². The van der Waals surface area contributed by atoms with Crippen molar-refractivity contribution < 1.29 is 38.0 Å². The van der Waals surface area contributed by atoms with Gasteiger partial charge in [0, 0.05) is 138 Å². The monoisotopic (exact) mass is 2210 g/mol. The third-order valence-electron chi connectivity index (χ3n) is 22.4. The maximum atomic E-state index is 12.0. The molecule has 0 saturated heterocycles. The molecule has 7 amide bonds. The van der Waals surface area contributed by atoms with Gasteiger partial charge in [0.2, 0.25) is 0 Å². The number of hydrogen-bond acceptors (Lipinski definition) is 20. The van der Waals surface area contributed by atoms with Crippen LogP contribution in [-0.2, 0) is 33.6 Å². The van der Waals surface area contributed by atoms with E-state index in [4.69, 9.17) is 62.4 Å². The van der Waals surface area contributed by atoms with Gasteiger partial charge < -0.3 is 51.5 Å². The van der Waals surface area contributed by atoms with Crippen LogP contribution in [0, 0.1) is 20.8 Å². The normalized spacial score (nSPS) is 15.2. The third-order valence-corrected chi connectivity index (χ3v) is 28.1. The van der Waals surface area contributed by atoms with Crippen molar-refractivity contribution in [3.63, 3.8) is 0 Å². The van der Waals surface area contributed by atoms with E-state index in [0.717, 1.165) is 135 Å². The number of carbonyl (C=O) groups excluding carboxylic acids is 7. The smallest absolute Gasteiger partial charge is 0.275 e. The van der Waals surface area contributed by atoms with E-state index in [1.165, 1.54) is 0 Å². The minimum atomic E-state index is -0.278. The van der Waals surface area contributed by atoms with Gasteiger partial charge in [-0.15, -0.1) is 34.0 Å². The maximum Gasteiger partial charge on any atom is 0.275 e. The molecule has 726 valence electrons. The number of carbonyl (C=O) groups is 7. The Hall–Kier alpha value is -15.6. The first-order valence-electron chi connectivity index (χ1n) is 44.1. The summed E-state index contributed by atoms with van der Waals surface area (Å²) in [4.78, 5) is 126. The molecule has 35 heteroatoms. The standard InChI is InChI=1S/C16H15N3O.C15H10Br2N2O.C15H9Cl3N2O.C15H11ClN2O.C13H10N2O.C12H7ClN2OS.2C12H8N2OS.CH4/c1-19(2)12-7-5-11(6-8-12)10-13-15-14(18-16(13)20)4-3-9-17-15;1-8-11(16)6-9(7-12(8)17)18-14-10-4-2-3-5-13(10)19-15(14)20;1-7-11(17)5-9(6-12(7)18)19-14-10-4-8(16)2-3-13(10)20-15(14)21;1-9-2-5-11(6-3-9)17-14-12-8-10(16)4-7-13(12)18-15(14)19;1-9-12(8-10-4-3-7-16-10)11-5-2-6-14-13(11)15-9;13-9-3-4-14-11-10(9)8(12(16)15-11)6-7-2-1-5-17-7;15-12-9(7-8-3-2-6-16-8)11-10(14-12)4-1-5-13-11;15-12-10(7-8-3-2-6-16-8)9-4-1-5-13-11(9)14-12;/h3-10H,1-2H3,(H,18,20);2-7H,1H3,(H,18,19,20);2-6H,1H3,(H,19,20,21);2-8H,1H3,(H,17,18,19);2-8H,1H2,(H,14,15);1-6H,(H,14,15,16);1-7H,(H,14,15);1-7H,(H,13,14,15);1H4/b;;;;12-8-;8-6-;9-7-;10-7-;. The molecule has 0 fully saturated rings. The van der Waals surface area contributed by atoms with Gasteiger partial charge in [0.1, 0.15) is 40.2 Å². The van der Waals surface area contributed by atoms with E-state index in [2.05, 4.69) is 121 Å². The van der Waals surface area contributed by atoms with Crippen molar-refractivity contribution in [1.82, 2.24) is 29.9 Å². The molecule has 8 N–H and O–H groups in total. The summed E-state index contributed by atoms with van der Waals surface area (Å²) >= 11 is 42.0. The number of rotatable bonds is 9. The van der Waals surface area contributed by atoms with Crippen LogP contribution >= 0.6 is 124 Å². The number of nitrogens with zero attached hydrogens (tertiary/aromatic N) is 9. The Morgan fingerprint density at radius 2 is 0.856 bits per heavy atom. The van der Waals surface area contributed by atoms with Crippen LogP contribution < -0.4 is 52.7 Å². The summed E-state index contributed by atoms with van der Waals surface area (Å²) in [6.45, 7) is 9.80. The number of benzene rings is 7. The molecule has 7 aromatic carbocycles. The Morgan fingerprint density at radius 3 is 1.42 bits per heavy atom. The predicted octanol–water partition coefficient (Wildman–Crippen LogP) is 26.6. The Bertz CT molecular complexity index is 8170. The summed E-state index contributed by atoms with van der Waals surface area (Å²) in [7, 11) is 4.00. The average molecular weight is 2220 g/mol. The van der Waals surface area contributed by atoms with Gasteiger partial charge in [-0.25, -0.2) is 29.9 Å². The van der Waals surface area contributed by atoms with Crippen molar-refractivity contribution in [3.05, 3.63) is 416 Å². The van der Waals surface area contributed by atoms with E-state index in [9.17, 15) is 33.6 Å². The summed E-state index contributed by atoms with van der Waals surface area (Å²) in [5, 5.41) is 31.0. The number of H-pyrrole nitrogens is 1. The van der Waals surface area contributed by atoms with Gasteiger partial charge >= 0.3 is 0 Å². The van der Waals surface area contributed by atoms with Crippen LogP contribution in [0.2, 0.25) is 25.1 Å². The van der Waals surface area contributed by atoms with Crippen molar-refractivity contribution >= 4 is 315 Å². The first-order chi connectivity index (χ1) is 70.1. The van der Waals surface area contributed by atoms with Crippen molar-refractivity contribution in [2.24, 2.45) is 15.0 Å². The van der Waals surface area contributed by atoms with Gasteiger partial charge in [-0.1, -0.05) is 170 Å². The molecular weight excluding hydrogens is 2130 g/mol. The predicted molar refractivity (Wildman–Crippen MR) is 604 cm³/mol. The molecule has 146 heavy (non-hydrogen) atoms. The van der Waals surface area contributed by atoms with Crippen molar-refractivity contribution in [3.8, 4) is 0 Å². The second-order valence-electron chi connectivity index (χ2n) is 32.4. The quantitative estimate of drug-likeness (QED) is 0.0623. The average Bonchev–Trinajstić information content (AvgIpc) is 1.55. The number of anilines is 8. The van der Waals surface area contributed by atoms with E-state index in [0.29, 0.717) is 104 Å². The number of thiophene rings is 3. The van der Waals surface area contributed by atoms with Crippen LogP contribution in [0.3, 0.4) is 0 Å². The number of furan rings is 1. The summed E-state index contributed by atoms with van der Waals surface area (Å²) < 4.78 is 7.21. The van der Waals surface area contributed by atoms with Crippen LogP contribution in [0.15, 0.2) is 318 Å². The summed E-state index contributed by atoms with van der Waals surface area (Å²) in [5.41, 5.74) is 20.7. The molecule has 0 spiro atoms. The van der Waals surface area contributed by atoms with Gasteiger partial charge in [-0.3, -0.25) is 43.5 Å². The van der Waals surface area contributed by atoms with E-state index < -0.39 is 0 Å². The van der Waals surface area contributed by atoms with Crippen LogP contribution in [0.5, 0.6) is 0 Å².